The van der Waals surface area contributed by atoms with Crippen LogP contribution in [0.5, 0.6) is 11.5 Å². The Hall–Kier alpha value is -2.32. The molecular weight excluding hydrogens is 425 g/mol. The average molecular weight is 438 g/mol. The Morgan fingerprint density at radius 3 is 2.73 bits per heavy atom. The summed E-state index contributed by atoms with van der Waals surface area (Å²) in [4.78, 5) is 25.9. The number of rotatable bonds is 4. The van der Waals surface area contributed by atoms with E-state index >= 15 is 0 Å². The number of halogens is 2. The van der Waals surface area contributed by atoms with E-state index in [9.17, 15) is 19.1 Å². The van der Waals surface area contributed by atoms with Crippen LogP contribution in [0.25, 0.3) is 6.08 Å². The fraction of sp³-hybridized carbons (Fsp3) is 0.111. The molecule has 8 heteroatoms. The van der Waals surface area contributed by atoms with E-state index in [0.29, 0.717) is 10.0 Å². The highest BCUT2D eigenvalue weighted by atomic mass is 79.9. The minimum atomic E-state index is -0.494. The highest BCUT2D eigenvalue weighted by Crippen LogP contribution is 2.38. The molecule has 0 saturated carbocycles. The topological polar surface area (TPSA) is 66.8 Å². The van der Waals surface area contributed by atoms with Crippen LogP contribution in [0.3, 0.4) is 0 Å². The molecule has 0 aliphatic carbocycles. The first-order valence-corrected chi connectivity index (χ1v) is 9.07. The minimum absolute atomic E-state index is 0.0580. The Kier molecular flexibility index (Phi) is 5.33. The lowest BCUT2D eigenvalue weighted by Crippen LogP contribution is -2.27. The molecule has 3 rings (SSSR count). The number of hydrogen-bond acceptors (Lipinski definition) is 5. The Morgan fingerprint density at radius 2 is 2.04 bits per heavy atom. The van der Waals surface area contributed by atoms with Gasteiger partial charge in [-0.3, -0.25) is 14.5 Å². The number of thioether (sulfide) groups is 1. The van der Waals surface area contributed by atoms with Gasteiger partial charge in [0.25, 0.3) is 11.1 Å². The number of imide groups is 1. The van der Waals surface area contributed by atoms with Gasteiger partial charge in [-0.25, -0.2) is 4.39 Å². The Bertz CT molecular complexity index is 931. The number of methoxy groups -OCH3 is 1. The molecule has 1 fully saturated rings. The van der Waals surface area contributed by atoms with E-state index in [1.165, 1.54) is 25.3 Å². The fourth-order valence-corrected chi connectivity index (χ4v) is 3.72. The van der Waals surface area contributed by atoms with Crippen LogP contribution in [-0.2, 0) is 11.3 Å². The molecule has 0 radical (unpaired) electrons. The number of aromatic hydroxyl groups is 1. The number of phenolic OH excluding ortho intramolecular Hbond substituents is 1. The molecule has 1 saturated heterocycles. The first-order valence-electron chi connectivity index (χ1n) is 7.46. The minimum Gasteiger partial charge on any atom is -0.503 e. The van der Waals surface area contributed by atoms with Crippen LogP contribution in [-0.4, -0.2) is 28.3 Å². The molecule has 2 aromatic carbocycles. The van der Waals surface area contributed by atoms with Crippen molar-refractivity contribution in [3.63, 3.8) is 0 Å². The molecule has 1 aliphatic rings. The van der Waals surface area contributed by atoms with Crippen LogP contribution in [0, 0.1) is 5.82 Å². The van der Waals surface area contributed by atoms with Crippen molar-refractivity contribution in [3.8, 4) is 11.5 Å². The van der Waals surface area contributed by atoms with Crippen molar-refractivity contribution in [2.24, 2.45) is 0 Å². The summed E-state index contributed by atoms with van der Waals surface area (Å²) in [5.41, 5.74) is 0.841. The van der Waals surface area contributed by atoms with E-state index in [1.807, 2.05) is 0 Å². The molecule has 2 amide bonds. The van der Waals surface area contributed by atoms with Crippen LogP contribution in [0.2, 0.25) is 0 Å². The normalized spacial score (nSPS) is 15.8. The second-order valence-corrected chi connectivity index (χ2v) is 7.26. The molecule has 0 bridgehead atoms. The highest BCUT2D eigenvalue weighted by Gasteiger charge is 2.35. The smallest absolute Gasteiger partial charge is 0.293 e. The summed E-state index contributed by atoms with van der Waals surface area (Å²) in [7, 11) is 1.41. The number of phenols is 1. The Balaban J connectivity index is 1.88. The molecule has 1 N–H and O–H groups in total. The summed E-state index contributed by atoms with van der Waals surface area (Å²) in [6.07, 6.45) is 1.53. The van der Waals surface area contributed by atoms with Gasteiger partial charge in [-0.1, -0.05) is 18.2 Å². The highest BCUT2D eigenvalue weighted by molar-refractivity contribution is 9.10. The van der Waals surface area contributed by atoms with Crippen LogP contribution in [0.1, 0.15) is 11.1 Å². The second kappa shape index (κ2) is 7.51. The maximum absolute atomic E-state index is 13.8. The van der Waals surface area contributed by atoms with Crippen molar-refractivity contribution < 1.29 is 23.8 Å². The van der Waals surface area contributed by atoms with E-state index in [0.717, 1.165) is 16.7 Å². The third-order valence-electron chi connectivity index (χ3n) is 3.73. The summed E-state index contributed by atoms with van der Waals surface area (Å²) in [5.74, 6) is -0.789. The lowest BCUT2D eigenvalue weighted by molar-refractivity contribution is -0.123. The molecule has 0 unspecified atom stereocenters. The second-order valence-electron chi connectivity index (χ2n) is 5.41. The zero-order chi connectivity index (χ0) is 18.8. The SMILES string of the molecule is COc1cc(/C=C2/SC(=O)N(Cc3ccccc3F)C2=O)cc(Br)c1O. The number of carbonyl (C=O) groups excluding carboxylic acids is 2. The van der Waals surface area contributed by atoms with Gasteiger partial charge in [-0.15, -0.1) is 0 Å². The van der Waals surface area contributed by atoms with Gasteiger partial charge in [0.1, 0.15) is 5.82 Å². The van der Waals surface area contributed by atoms with Crippen LogP contribution < -0.4 is 4.74 Å². The van der Waals surface area contributed by atoms with Crippen molar-refractivity contribution in [3.05, 3.63) is 62.7 Å². The quantitative estimate of drug-likeness (QED) is 0.711. The van der Waals surface area contributed by atoms with Gasteiger partial charge in [0.05, 0.1) is 23.0 Å². The van der Waals surface area contributed by atoms with Gasteiger partial charge < -0.3 is 9.84 Å². The van der Waals surface area contributed by atoms with Gasteiger partial charge in [-0.2, -0.15) is 0 Å². The lowest BCUT2D eigenvalue weighted by atomic mass is 10.1. The number of benzene rings is 2. The zero-order valence-electron chi connectivity index (χ0n) is 13.5. The number of nitrogens with zero attached hydrogens (tertiary/aromatic N) is 1. The zero-order valence-corrected chi connectivity index (χ0v) is 15.9. The Morgan fingerprint density at radius 1 is 1.31 bits per heavy atom. The predicted molar refractivity (Wildman–Crippen MR) is 100 cm³/mol. The lowest BCUT2D eigenvalue weighted by Gasteiger charge is -2.12. The van der Waals surface area contributed by atoms with Crippen molar-refractivity contribution in [1.29, 1.82) is 0 Å². The summed E-state index contributed by atoms with van der Waals surface area (Å²) < 4.78 is 19.3. The molecule has 5 nitrogen and oxygen atoms in total. The predicted octanol–water partition coefficient (Wildman–Crippen LogP) is 4.54. The summed E-state index contributed by atoms with van der Waals surface area (Å²) in [6, 6.07) is 9.15. The molecule has 0 aromatic heterocycles. The molecular formula is C18H13BrFNO4S. The molecule has 1 aliphatic heterocycles. The van der Waals surface area contributed by atoms with Gasteiger partial charge in [0.2, 0.25) is 0 Å². The number of hydrogen-bond donors (Lipinski definition) is 1. The van der Waals surface area contributed by atoms with Crippen molar-refractivity contribution in [2.45, 2.75) is 6.54 Å². The molecule has 1 heterocycles. The third-order valence-corrected chi connectivity index (χ3v) is 5.24. The molecule has 0 atom stereocenters. The summed E-state index contributed by atoms with van der Waals surface area (Å²) in [6.45, 7) is -0.128. The largest absolute Gasteiger partial charge is 0.503 e. The standard InChI is InChI=1S/C18H13BrFNO4S/c1-25-14-7-10(6-12(19)16(14)22)8-15-17(23)21(18(24)26-15)9-11-4-2-3-5-13(11)20/h2-8,22H,9H2,1H3/b15-8+. The monoisotopic (exact) mass is 437 g/mol. The van der Waals surface area contributed by atoms with E-state index in [1.54, 1.807) is 24.3 Å². The van der Waals surface area contributed by atoms with E-state index < -0.39 is 17.0 Å². The number of ether oxygens (including phenoxy) is 1. The van der Waals surface area contributed by atoms with E-state index in [2.05, 4.69) is 15.9 Å². The number of carbonyl (C=O) groups is 2. The van der Waals surface area contributed by atoms with Crippen molar-refractivity contribution in [1.82, 2.24) is 4.90 Å². The average Bonchev–Trinajstić information content (AvgIpc) is 2.87. The molecule has 134 valence electrons. The fourth-order valence-electron chi connectivity index (χ4n) is 2.42. The first-order chi connectivity index (χ1) is 12.4. The van der Waals surface area contributed by atoms with E-state index in [-0.39, 0.29) is 28.5 Å². The molecule has 2 aromatic rings. The molecule has 0 spiro atoms. The van der Waals surface area contributed by atoms with Gasteiger partial charge in [0.15, 0.2) is 11.5 Å². The molecule has 26 heavy (non-hydrogen) atoms. The number of amides is 2. The van der Waals surface area contributed by atoms with Crippen LogP contribution in [0.4, 0.5) is 9.18 Å². The van der Waals surface area contributed by atoms with E-state index in [4.69, 9.17) is 4.74 Å². The first kappa shape index (κ1) is 18.5. The van der Waals surface area contributed by atoms with Crippen molar-refractivity contribution in [2.75, 3.05) is 7.11 Å². The Labute approximate surface area is 161 Å². The maximum atomic E-state index is 13.8. The van der Waals surface area contributed by atoms with Crippen molar-refractivity contribution >= 4 is 44.9 Å². The van der Waals surface area contributed by atoms with Crippen LogP contribution >= 0.6 is 27.7 Å². The summed E-state index contributed by atoms with van der Waals surface area (Å²) in [5, 5.41) is 9.38. The van der Waals surface area contributed by atoms with Gasteiger partial charge in [0, 0.05) is 5.56 Å². The van der Waals surface area contributed by atoms with Crippen LogP contribution in [0.15, 0.2) is 45.8 Å². The van der Waals surface area contributed by atoms with Gasteiger partial charge >= 0.3 is 0 Å². The maximum Gasteiger partial charge on any atom is 0.293 e. The van der Waals surface area contributed by atoms with Gasteiger partial charge in [-0.05, 0) is 57.5 Å². The third kappa shape index (κ3) is 3.61. The summed E-state index contributed by atoms with van der Waals surface area (Å²) >= 11 is 3.99.